The minimum absolute atomic E-state index is 0.0297. The van der Waals surface area contributed by atoms with Gasteiger partial charge in [0.15, 0.2) is 0 Å². The molecule has 3 aromatic carbocycles. The zero-order valence-electron chi connectivity index (χ0n) is 19.5. The molecule has 0 aliphatic heterocycles. The standard InChI is InChI=1S/C28H31ClN2O2S/c1-2-18-30-28(33)26(20-22-9-5-3-6-10-22)31(21-23-11-7-4-8-12-23)27(32)17-19-34-25-15-13-24(29)14-16-25/h3-16,26H,2,17-21H2,1H3,(H,30,33)/t26-/m0/s1. The summed E-state index contributed by atoms with van der Waals surface area (Å²) < 4.78 is 0. The number of hydrogen-bond donors (Lipinski definition) is 1. The molecule has 0 radical (unpaired) electrons. The number of halogens is 1. The Bertz CT molecular complexity index is 1030. The molecular weight excluding hydrogens is 464 g/mol. The second-order valence-corrected chi connectivity index (χ2v) is 9.66. The van der Waals surface area contributed by atoms with Crippen LogP contribution in [0, 0.1) is 0 Å². The van der Waals surface area contributed by atoms with Gasteiger partial charge in [0.05, 0.1) is 0 Å². The summed E-state index contributed by atoms with van der Waals surface area (Å²) in [4.78, 5) is 29.6. The number of amides is 2. The fourth-order valence-electron chi connectivity index (χ4n) is 3.63. The minimum atomic E-state index is -0.581. The van der Waals surface area contributed by atoms with Crippen LogP contribution in [0.3, 0.4) is 0 Å². The Hall–Kier alpha value is -2.76. The molecule has 1 N–H and O–H groups in total. The third-order valence-corrected chi connectivity index (χ3v) is 6.68. The first-order chi connectivity index (χ1) is 16.6. The van der Waals surface area contributed by atoms with Gasteiger partial charge >= 0.3 is 0 Å². The van der Waals surface area contributed by atoms with E-state index in [-0.39, 0.29) is 11.8 Å². The number of thioether (sulfide) groups is 1. The van der Waals surface area contributed by atoms with E-state index in [0.717, 1.165) is 22.4 Å². The second kappa shape index (κ2) is 13.8. The van der Waals surface area contributed by atoms with Crippen molar-refractivity contribution in [2.45, 2.75) is 43.7 Å². The van der Waals surface area contributed by atoms with Crippen LogP contribution in [0.2, 0.25) is 5.02 Å². The van der Waals surface area contributed by atoms with E-state index in [1.807, 2.05) is 91.9 Å². The van der Waals surface area contributed by atoms with Gasteiger partial charge in [-0.2, -0.15) is 0 Å². The van der Waals surface area contributed by atoms with Crippen molar-refractivity contribution < 1.29 is 9.59 Å². The maximum absolute atomic E-state index is 13.5. The molecule has 0 heterocycles. The molecule has 0 spiro atoms. The Morgan fingerprint density at radius 3 is 2.15 bits per heavy atom. The first-order valence-electron chi connectivity index (χ1n) is 11.6. The normalized spacial score (nSPS) is 11.6. The highest BCUT2D eigenvalue weighted by Crippen LogP contribution is 2.22. The summed E-state index contributed by atoms with van der Waals surface area (Å²) in [5.74, 6) is 0.485. The van der Waals surface area contributed by atoms with Crippen LogP contribution in [0.4, 0.5) is 0 Å². The maximum atomic E-state index is 13.5. The van der Waals surface area contributed by atoms with Crippen LogP contribution in [-0.4, -0.2) is 35.1 Å². The summed E-state index contributed by atoms with van der Waals surface area (Å²) in [7, 11) is 0. The lowest BCUT2D eigenvalue weighted by Crippen LogP contribution is -2.50. The first-order valence-corrected chi connectivity index (χ1v) is 13.0. The molecule has 0 saturated heterocycles. The van der Waals surface area contributed by atoms with E-state index in [1.165, 1.54) is 0 Å². The van der Waals surface area contributed by atoms with Crippen LogP contribution in [0.15, 0.2) is 89.8 Å². The molecule has 3 aromatic rings. The average Bonchev–Trinajstić information content (AvgIpc) is 2.87. The molecule has 0 aliphatic carbocycles. The topological polar surface area (TPSA) is 49.4 Å². The highest BCUT2D eigenvalue weighted by atomic mass is 35.5. The lowest BCUT2D eigenvalue weighted by molar-refractivity contribution is -0.141. The van der Waals surface area contributed by atoms with E-state index in [0.29, 0.717) is 36.7 Å². The van der Waals surface area contributed by atoms with Crippen LogP contribution in [0.1, 0.15) is 30.9 Å². The maximum Gasteiger partial charge on any atom is 0.243 e. The largest absolute Gasteiger partial charge is 0.354 e. The average molecular weight is 495 g/mol. The monoisotopic (exact) mass is 494 g/mol. The van der Waals surface area contributed by atoms with Crippen molar-refractivity contribution in [2.75, 3.05) is 12.3 Å². The van der Waals surface area contributed by atoms with Gasteiger partial charge in [-0.05, 0) is 41.8 Å². The fraction of sp³-hybridized carbons (Fsp3) is 0.286. The molecule has 0 bridgehead atoms. The van der Waals surface area contributed by atoms with Crippen molar-refractivity contribution in [3.63, 3.8) is 0 Å². The number of nitrogens with zero attached hydrogens (tertiary/aromatic N) is 1. The number of carbonyl (C=O) groups excluding carboxylic acids is 2. The van der Waals surface area contributed by atoms with E-state index in [4.69, 9.17) is 11.6 Å². The molecule has 3 rings (SSSR count). The molecule has 0 unspecified atom stereocenters. The summed E-state index contributed by atoms with van der Waals surface area (Å²) in [5, 5.41) is 3.70. The lowest BCUT2D eigenvalue weighted by Gasteiger charge is -2.31. The molecule has 34 heavy (non-hydrogen) atoms. The molecule has 2 amide bonds. The Labute approximate surface area is 211 Å². The number of benzene rings is 3. The number of nitrogens with one attached hydrogen (secondary N) is 1. The lowest BCUT2D eigenvalue weighted by atomic mass is 10.0. The molecule has 0 saturated carbocycles. The summed E-state index contributed by atoms with van der Waals surface area (Å²) in [6.45, 7) is 3.00. The van der Waals surface area contributed by atoms with Gasteiger partial charge in [0.25, 0.3) is 0 Å². The highest BCUT2D eigenvalue weighted by molar-refractivity contribution is 7.99. The molecule has 178 valence electrons. The number of carbonyl (C=O) groups is 2. The Morgan fingerprint density at radius 2 is 1.53 bits per heavy atom. The summed E-state index contributed by atoms with van der Waals surface area (Å²) in [5.41, 5.74) is 2.03. The van der Waals surface area contributed by atoms with E-state index in [1.54, 1.807) is 16.7 Å². The first kappa shape index (κ1) is 25.9. The van der Waals surface area contributed by atoms with Gasteiger partial charge in [0, 0.05) is 41.6 Å². The Kier molecular flexibility index (Phi) is 10.5. The molecule has 0 aromatic heterocycles. The third-order valence-electron chi connectivity index (χ3n) is 5.41. The van der Waals surface area contributed by atoms with Crippen LogP contribution < -0.4 is 5.32 Å². The van der Waals surface area contributed by atoms with Gasteiger partial charge in [-0.15, -0.1) is 11.8 Å². The highest BCUT2D eigenvalue weighted by Gasteiger charge is 2.29. The van der Waals surface area contributed by atoms with Crippen molar-refractivity contribution in [1.82, 2.24) is 10.2 Å². The molecule has 1 atom stereocenters. The van der Waals surface area contributed by atoms with Crippen LogP contribution >= 0.6 is 23.4 Å². The van der Waals surface area contributed by atoms with Crippen molar-refractivity contribution in [3.05, 3.63) is 101 Å². The summed E-state index contributed by atoms with van der Waals surface area (Å²) >= 11 is 7.59. The number of hydrogen-bond acceptors (Lipinski definition) is 3. The molecule has 6 heteroatoms. The Balaban J connectivity index is 1.79. The SMILES string of the molecule is CCCNC(=O)[C@H](Cc1ccccc1)N(Cc1ccccc1)C(=O)CCSc1ccc(Cl)cc1. The van der Waals surface area contributed by atoms with Crippen molar-refractivity contribution >= 4 is 35.2 Å². The van der Waals surface area contributed by atoms with Gasteiger partial charge in [-0.3, -0.25) is 9.59 Å². The fourth-order valence-corrected chi connectivity index (χ4v) is 4.60. The van der Waals surface area contributed by atoms with Crippen molar-refractivity contribution in [1.29, 1.82) is 0 Å². The molecular formula is C28H31ClN2O2S. The molecule has 0 fully saturated rings. The van der Waals surface area contributed by atoms with E-state index < -0.39 is 6.04 Å². The van der Waals surface area contributed by atoms with Crippen LogP contribution in [0.5, 0.6) is 0 Å². The molecule has 4 nitrogen and oxygen atoms in total. The van der Waals surface area contributed by atoms with Gasteiger partial charge in [0.2, 0.25) is 11.8 Å². The van der Waals surface area contributed by atoms with Crippen molar-refractivity contribution in [3.8, 4) is 0 Å². The van der Waals surface area contributed by atoms with E-state index in [2.05, 4.69) is 5.32 Å². The van der Waals surface area contributed by atoms with E-state index in [9.17, 15) is 9.59 Å². The smallest absolute Gasteiger partial charge is 0.243 e. The van der Waals surface area contributed by atoms with Crippen LogP contribution in [0.25, 0.3) is 0 Å². The summed E-state index contributed by atoms with van der Waals surface area (Å²) in [6.07, 6.45) is 1.65. The van der Waals surface area contributed by atoms with Crippen LogP contribution in [-0.2, 0) is 22.6 Å². The minimum Gasteiger partial charge on any atom is -0.354 e. The quantitative estimate of drug-likeness (QED) is 0.315. The van der Waals surface area contributed by atoms with Gasteiger partial charge < -0.3 is 10.2 Å². The summed E-state index contributed by atoms with van der Waals surface area (Å²) in [6, 6.07) is 26.8. The number of rotatable bonds is 12. The zero-order chi connectivity index (χ0) is 24.2. The molecule has 0 aliphatic rings. The Morgan fingerprint density at radius 1 is 0.912 bits per heavy atom. The van der Waals surface area contributed by atoms with Gasteiger partial charge in [0.1, 0.15) is 6.04 Å². The predicted octanol–water partition coefficient (Wildman–Crippen LogP) is 5.99. The van der Waals surface area contributed by atoms with Gasteiger partial charge in [-0.25, -0.2) is 0 Å². The predicted molar refractivity (Wildman–Crippen MR) is 141 cm³/mol. The third kappa shape index (κ3) is 8.23. The van der Waals surface area contributed by atoms with E-state index >= 15 is 0 Å². The van der Waals surface area contributed by atoms with Crippen molar-refractivity contribution in [2.24, 2.45) is 0 Å². The van der Waals surface area contributed by atoms with Gasteiger partial charge in [-0.1, -0.05) is 79.2 Å². The zero-order valence-corrected chi connectivity index (χ0v) is 21.0. The second-order valence-electron chi connectivity index (χ2n) is 8.06.